The van der Waals surface area contributed by atoms with Gasteiger partial charge in [0.2, 0.25) is 0 Å². The van der Waals surface area contributed by atoms with Gasteiger partial charge in [-0.05, 0) is 38.2 Å². The van der Waals surface area contributed by atoms with Crippen molar-refractivity contribution in [3.05, 3.63) is 24.3 Å². The molecular formula is C13H21N. The van der Waals surface area contributed by atoms with Gasteiger partial charge in [-0.2, -0.15) is 0 Å². The van der Waals surface area contributed by atoms with Crippen LogP contribution in [-0.4, -0.2) is 23.5 Å². The summed E-state index contributed by atoms with van der Waals surface area (Å²) in [5.74, 6) is 0. The molecule has 0 aromatic heterocycles. The second-order valence-electron chi connectivity index (χ2n) is 4.56. The zero-order chi connectivity index (χ0) is 9.97. The number of hydrogen-bond donors (Lipinski definition) is 0. The van der Waals surface area contributed by atoms with Crippen LogP contribution >= 0.6 is 0 Å². The van der Waals surface area contributed by atoms with Gasteiger partial charge in [-0.15, -0.1) is 0 Å². The summed E-state index contributed by atoms with van der Waals surface area (Å²) in [6.07, 6.45) is 11.4. The smallest absolute Gasteiger partial charge is 0.0236 e. The fourth-order valence-electron chi connectivity index (χ4n) is 2.97. The molecule has 0 amide bonds. The lowest BCUT2D eigenvalue weighted by atomic mass is 10.0. The van der Waals surface area contributed by atoms with Crippen LogP contribution in [0.25, 0.3) is 0 Å². The summed E-state index contributed by atoms with van der Waals surface area (Å²) in [5, 5.41) is 0. The van der Waals surface area contributed by atoms with Crippen LogP contribution < -0.4 is 0 Å². The zero-order valence-electron chi connectivity index (χ0n) is 9.21. The van der Waals surface area contributed by atoms with Gasteiger partial charge >= 0.3 is 0 Å². The minimum Gasteiger partial charge on any atom is -0.293 e. The second kappa shape index (κ2) is 4.31. The van der Waals surface area contributed by atoms with E-state index in [1.807, 2.05) is 6.08 Å². The molecule has 2 aliphatic heterocycles. The molecule has 0 saturated carbocycles. The van der Waals surface area contributed by atoms with E-state index < -0.39 is 0 Å². The van der Waals surface area contributed by atoms with Crippen LogP contribution in [0.5, 0.6) is 0 Å². The van der Waals surface area contributed by atoms with Gasteiger partial charge in [0.05, 0.1) is 0 Å². The number of piperidine rings is 1. The highest BCUT2D eigenvalue weighted by molar-refractivity contribution is 5.18. The maximum Gasteiger partial charge on any atom is 0.0236 e. The summed E-state index contributed by atoms with van der Waals surface area (Å²) in [6.45, 7) is 7.12. The van der Waals surface area contributed by atoms with Crippen molar-refractivity contribution in [1.82, 2.24) is 4.90 Å². The maximum absolute atomic E-state index is 3.87. The van der Waals surface area contributed by atoms with Gasteiger partial charge in [-0.3, -0.25) is 4.90 Å². The molecule has 2 aliphatic rings. The van der Waals surface area contributed by atoms with E-state index in [9.17, 15) is 0 Å². The molecule has 2 unspecified atom stereocenters. The van der Waals surface area contributed by atoms with Crippen LogP contribution in [0, 0.1) is 0 Å². The van der Waals surface area contributed by atoms with E-state index in [0.717, 1.165) is 18.6 Å². The van der Waals surface area contributed by atoms with E-state index >= 15 is 0 Å². The quantitative estimate of drug-likeness (QED) is 0.619. The lowest BCUT2D eigenvalue weighted by molar-refractivity contribution is 0.155. The van der Waals surface area contributed by atoms with Crippen LogP contribution in [-0.2, 0) is 0 Å². The van der Waals surface area contributed by atoms with Crippen LogP contribution in [0.3, 0.4) is 0 Å². The zero-order valence-corrected chi connectivity index (χ0v) is 9.21. The minimum atomic E-state index is 0.878. The van der Waals surface area contributed by atoms with E-state index in [2.05, 4.69) is 24.5 Å². The van der Waals surface area contributed by atoms with Crippen molar-refractivity contribution < 1.29 is 0 Å². The first kappa shape index (κ1) is 9.97. The summed E-state index contributed by atoms with van der Waals surface area (Å²) in [4.78, 5) is 2.71. The van der Waals surface area contributed by atoms with Gasteiger partial charge in [0, 0.05) is 18.6 Å². The number of nitrogens with zero attached hydrogens (tertiary/aromatic N) is 1. The SMILES string of the molecule is C=C/C(=C\C)CN1C2CCCC1CC2. The van der Waals surface area contributed by atoms with Gasteiger partial charge in [0.25, 0.3) is 0 Å². The predicted molar refractivity (Wildman–Crippen MR) is 61.3 cm³/mol. The van der Waals surface area contributed by atoms with Gasteiger partial charge in [0.1, 0.15) is 0 Å². The van der Waals surface area contributed by atoms with Crippen LogP contribution in [0.15, 0.2) is 24.3 Å². The highest BCUT2D eigenvalue weighted by atomic mass is 15.2. The minimum absolute atomic E-state index is 0.878. The molecule has 0 spiro atoms. The molecule has 78 valence electrons. The van der Waals surface area contributed by atoms with E-state index in [0.29, 0.717) is 0 Å². The van der Waals surface area contributed by atoms with Crippen LogP contribution in [0.2, 0.25) is 0 Å². The van der Waals surface area contributed by atoms with Crippen molar-refractivity contribution in [3.63, 3.8) is 0 Å². The van der Waals surface area contributed by atoms with Gasteiger partial charge in [-0.25, -0.2) is 0 Å². The Kier molecular flexibility index (Phi) is 3.07. The lowest BCUT2D eigenvalue weighted by Crippen LogP contribution is -2.40. The van der Waals surface area contributed by atoms with Crippen molar-refractivity contribution in [1.29, 1.82) is 0 Å². The van der Waals surface area contributed by atoms with Crippen molar-refractivity contribution >= 4 is 0 Å². The first-order valence-corrected chi connectivity index (χ1v) is 5.88. The fourth-order valence-corrected chi connectivity index (χ4v) is 2.97. The summed E-state index contributed by atoms with van der Waals surface area (Å²) >= 11 is 0. The molecule has 2 saturated heterocycles. The van der Waals surface area contributed by atoms with Crippen molar-refractivity contribution in [2.45, 2.75) is 51.1 Å². The molecule has 2 rings (SSSR count). The van der Waals surface area contributed by atoms with Crippen molar-refractivity contribution in [2.24, 2.45) is 0 Å². The Morgan fingerprint density at radius 2 is 1.93 bits per heavy atom. The molecule has 2 fully saturated rings. The molecule has 0 radical (unpaired) electrons. The fraction of sp³-hybridized carbons (Fsp3) is 0.692. The molecule has 1 nitrogen and oxygen atoms in total. The standard InChI is InChI=1S/C13H21N/c1-3-11(4-2)10-14-12-6-5-7-13(14)9-8-12/h3-4,12-13H,1,5-10H2,2H3/b11-4+. The first-order valence-electron chi connectivity index (χ1n) is 5.88. The van der Waals surface area contributed by atoms with Crippen molar-refractivity contribution in [2.75, 3.05) is 6.54 Å². The molecule has 1 heteroatoms. The third-order valence-corrected chi connectivity index (χ3v) is 3.84. The third-order valence-electron chi connectivity index (χ3n) is 3.84. The van der Waals surface area contributed by atoms with Crippen LogP contribution in [0.4, 0.5) is 0 Å². The summed E-state index contributed by atoms with van der Waals surface area (Å²) < 4.78 is 0. The van der Waals surface area contributed by atoms with Gasteiger partial charge in [0.15, 0.2) is 0 Å². The lowest BCUT2D eigenvalue weighted by Gasteiger charge is -2.34. The third kappa shape index (κ3) is 1.78. The highest BCUT2D eigenvalue weighted by Gasteiger charge is 2.35. The average Bonchev–Trinajstić information content (AvgIpc) is 2.46. The molecule has 0 aliphatic carbocycles. The molecule has 2 atom stereocenters. The van der Waals surface area contributed by atoms with Gasteiger partial charge < -0.3 is 0 Å². The molecule has 0 N–H and O–H groups in total. The summed E-state index contributed by atoms with van der Waals surface area (Å²) in [6, 6.07) is 1.76. The summed E-state index contributed by atoms with van der Waals surface area (Å²) in [5.41, 5.74) is 1.39. The van der Waals surface area contributed by atoms with E-state index in [4.69, 9.17) is 0 Å². The Balaban J connectivity index is 2.01. The molecule has 0 aromatic carbocycles. The Morgan fingerprint density at radius 1 is 1.29 bits per heavy atom. The molecule has 14 heavy (non-hydrogen) atoms. The highest BCUT2D eigenvalue weighted by Crippen LogP contribution is 2.35. The first-order chi connectivity index (χ1) is 6.85. The number of rotatable bonds is 3. The number of hydrogen-bond acceptors (Lipinski definition) is 1. The Labute approximate surface area is 87.5 Å². The number of allylic oxidation sites excluding steroid dienone is 1. The maximum atomic E-state index is 3.87. The van der Waals surface area contributed by atoms with Crippen molar-refractivity contribution in [3.8, 4) is 0 Å². The normalized spacial score (nSPS) is 33.4. The van der Waals surface area contributed by atoms with Gasteiger partial charge in [-0.1, -0.05) is 25.2 Å². The molecular weight excluding hydrogens is 170 g/mol. The van der Waals surface area contributed by atoms with E-state index in [1.54, 1.807) is 0 Å². The second-order valence-corrected chi connectivity index (χ2v) is 4.56. The largest absolute Gasteiger partial charge is 0.293 e. The van der Waals surface area contributed by atoms with E-state index in [-0.39, 0.29) is 0 Å². The molecule has 2 bridgehead atoms. The Bertz CT molecular complexity index is 226. The van der Waals surface area contributed by atoms with E-state index in [1.165, 1.54) is 37.7 Å². The topological polar surface area (TPSA) is 3.24 Å². The Hall–Kier alpha value is -0.560. The predicted octanol–water partition coefficient (Wildman–Crippen LogP) is 3.14. The Morgan fingerprint density at radius 3 is 2.43 bits per heavy atom. The summed E-state index contributed by atoms with van der Waals surface area (Å²) in [7, 11) is 0. The van der Waals surface area contributed by atoms with Crippen LogP contribution in [0.1, 0.15) is 39.0 Å². The molecule has 0 aromatic rings. The molecule has 2 heterocycles. The number of fused-ring (bicyclic) bond motifs is 2. The average molecular weight is 191 g/mol. The monoisotopic (exact) mass is 191 g/mol.